The molecule has 0 atom stereocenters. The predicted molar refractivity (Wildman–Crippen MR) is 169 cm³/mol. The van der Waals surface area contributed by atoms with Crippen LogP contribution in [0.25, 0.3) is 44.5 Å². The molecule has 0 amide bonds. The zero-order valence-corrected chi connectivity index (χ0v) is 21.7. The summed E-state index contributed by atoms with van der Waals surface area (Å²) in [4.78, 5) is 0. The Morgan fingerprint density at radius 1 is 0.538 bits per heavy atom. The molecule has 5 aromatic carbocycles. The van der Waals surface area contributed by atoms with Crippen molar-refractivity contribution in [3.63, 3.8) is 0 Å². The number of rotatable bonds is 2. The Morgan fingerprint density at radius 3 is 1.56 bits per heavy atom. The van der Waals surface area contributed by atoms with E-state index in [0.29, 0.717) is 0 Å². The minimum absolute atomic E-state index is 0.777. The second-order valence-electron chi connectivity index (χ2n) is 9.47. The molecule has 0 heteroatoms. The summed E-state index contributed by atoms with van der Waals surface area (Å²) in [5, 5.41) is 7.04. The van der Waals surface area contributed by atoms with Gasteiger partial charge in [-0.3, -0.25) is 0 Å². The van der Waals surface area contributed by atoms with Crippen LogP contribution in [0, 0.1) is 23.7 Å². The van der Waals surface area contributed by atoms with E-state index in [9.17, 15) is 0 Å². The summed E-state index contributed by atoms with van der Waals surface area (Å²) in [6, 6.07) is 29.6. The van der Waals surface area contributed by atoms with Crippen LogP contribution in [-0.4, -0.2) is 0 Å². The van der Waals surface area contributed by atoms with Crippen LogP contribution in [0.1, 0.15) is 28.7 Å². The average molecular weight is 495 g/mol. The van der Waals surface area contributed by atoms with Crippen LogP contribution in [0.4, 0.5) is 0 Å². The molecule has 182 valence electrons. The van der Waals surface area contributed by atoms with Crippen LogP contribution in [0.15, 0.2) is 134 Å². The standard InChI is InChI=1S/C39H26/c1-3-30-26-31-14-5-8-17-35(31)38(34(30)4-2)24-22-28-12-11-13-29(21-20-28)23-25-39-36-18-9-6-15-32(36)27-33-16-7-10-19-37(33)39/h3-10,12-21,26-27H,1-2,11H2. The third-order valence-corrected chi connectivity index (χ3v) is 7.10. The van der Waals surface area contributed by atoms with Gasteiger partial charge >= 0.3 is 0 Å². The molecule has 0 aromatic heterocycles. The Bertz CT molecular complexity index is 1960. The first-order chi connectivity index (χ1) is 19.2. The van der Waals surface area contributed by atoms with Crippen molar-refractivity contribution < 1.29 is 0 Å². The molecule has 0 bridgehead atoms. The van der Waals surface area contributed by atoms with E-state index in [2.05, 4.69) is 134 Å². The molecule has 1 aliphatic carbocycles. The molecule has 0 saturated heterocycles. The van der Waals surface area contributed by atoms with Crippen LogP contribution in [0.2, 0.25) is 0 Å². The van der Waals surface area contributed by atoms with Crippen LogP contribution < -0.4 is 0 Å². The number of benzene rings is 5. The lowest BCUT2D eigenvalue weighted by atomic mass is 9.94. The highest BCUT2D eigenvalue weighted by molar-refractivity contribution is 6.04. The zero-order valence-electron chi connectivity index (χ0n) is 21.7. The maximum atomic E-state index is 4.04. The van der Waals surface area contributed by atoms with Crippen molar-refractivity contribution in [2.75, 3.05) is 0 Å². The van der Waals surface area contributed by atoms with Gasteiger partial charge in [0.25, 0.3) is 0 Å². The summed E-state index contributed by atoms with van der Waals surface area (Å²) >= 11 is 0. The molecule has 0 nitrogen and oxygen atoms in total. The molecule has 1 aliphatic rings. The first kappa shape index (κ1) is 24.1. The molecule has 0 aliphatic heterocycles. The van der Waals surface area contributed by atoms with Crippen molar-refractivity contribution in [2.45, 2.75) is 6.42 Å². The van der Waals surface area contributed by atoms with Crippen LogP contribution in [-0.2, 0) is 0 Å². The maximum Gasteiger partial charge on any atom is 0.0405 e. The van der Waals surface area contributed by atoms with Gasteiger partial charge in [-0.25, -0.2) is 0 Å². The van der Waals surface area contributed by atoms with Gasteiger partial charge in [0.05, 0.1) is 0 Å². The van der Waals surface area contributed by atoms with Gasteiger partial charge in [-0.1, -0.05) is 134 Å². The van der Waals surface area contributed by atoms with E-state index in [1.54, 1.807) is 0 Å². The molecule has 0 heterocycles. The smallest absolute Gasteiger partial charge is 0.0405 e. The van der Waals surface area contributed by atoms with Crippen molar-refractivity contribution in [3.8, 4) is 23.7 Å². The molecule has 0 fully saturated rings. The number of allylic oxidation sites excluding steroid dienone is 6. The topological polar surface area (TPSA) is 0 Å². The summed E-state index contributed by atoms with van der Waals surface area (Å²) in [5.74, 6) is 13.8. The number of hydrogen-bond acceptors (Lipinski definition) is 0. The van der Waals surface area contributed by atoms with Crippen molar-refractivity contribution in [3.05, 3.63) is 156 Å². The fourth-order valence-electron chi connectivity index (χ4n) is 5.14. The van der Waals surface area contributed by atoms with Crippen molar-refractivity contribution in [2.24, 2.45) is 0 Å². The normalized spacial score (nSPS) is 12.5. The largest absolute Gasteiger partial charge is 0.0984 e. The molecule has 0 unspecified atom stereocenters. The molecule has 0 N–H and O–H groups in total. The van der Waals surface area contributed by atoms with E-state index in [-0.39, 0.29) is 0 Å². The summed E-state index contributed by atoms with van der Waals surface area (Å²) < 4.78 is 0. The van der Waals surface area contributed by atoms with E-state index >= 15 is 0 Å². The quantitative estimate of drug-likeness (QED) is 0.169. The zero-order chi connectivity index (χ0) is 26.6. The Hall–Kier alpha value is -5.30. The third kappa shape index (κ3) is 4.73. The first-order valence-corrected chi connectivity index (χ1v) is 13.1. The average Bonchev–Trinajstić information content (AvgIpc) is 3.22. The summed E-state index contributed by atoms with van der Waals surface area (Å²) in [6.07, 6.45) is 13.0. The van der Waals surface area contributed by atoms with E-state index in [4.69, 9.17) is 0 Å². The SMILES string of the molecule is C=Cc1cc2ccccc2c(C#CC2=CCC=C(C#Cc3c4ccccc4cc4ccccc34)C=C2)c1C=C. The third-order valence-electron chi connectivity index (χ3n) is 7.10. The fraction of sp³-hybridized carbons (Fsp3) is 0.0256. The number of fused-ring (bicyclic) bond motifs is 3. The monoisotopic (exact) mass is 494 g/mol. The van der Waals surface area contributed by atoms with Gasteiger partial charge in [0, 0.05) is 22.3 Å². The highest BCUT2D eigenvalue weighted by Gasteiger charge is 2.08. The Balaban J connectivity index is 1.34. The summed E-state index contributed by atoms with van der Waals surface area (Å²) in [6.45, 7) is 8.03. The Morgan fingerprint density at radius 2 is 1.03 bits per heavy atom. The fourth-order valence-corrected chi connectivity index (χ4v) is 5.14. The minimum Gasteiger partial charge on any atom is -0.0984 e. The van der Waals surface area contributed by atoms with Crippen LogP contribution >= 0.6 is 0 Å². The molecule has 39 heavy (non-hydrogen) atoms. The predicted octanol–water partition coefficient (Wildman–Crippen LogP) is 9.65. The number of hydrogen-bond donors (Lipinski definition) is 0. The van der Waals surface area contributed by atoms with Crippen LogP contribution in [0.5, 0.6) is 0 Å². The highest BCUT2D eigenvalue weighted by Crippen LogP contribution is 2.29. The summed E-state index contributed by atoms with van der Waals surface area (Å²) in [5.41, 5.74) is 6.07. The van der Waals surface area contributed by atoms with Gasteiger partial charge in [-0.2, -0.15) is 0 Å². The van der Waals surface area contributed by atoms with Crippen molar-refractivity contribution in [1.82, 2.24) is 0 Å². The molecular formula is C39H26. The Kier molecular flexibility index (Phi) is 6.53. The van der Waals surface area contributed by atoms with Gasteiger partial charge in [0.1, 0.15) is 0 Å². The molecule has 6 rings (SSSR count). The lowest BCUT2D eigenvalue weighted by Crippen LogP contribution is -1.90. The Labute approximate surface area is 230 Å². The second kappa shape index (κ2) is 10.6. The van der Waals surface area contributed by atoms with E-state index in [1.165, 1.54) is 21.5 Å². The maximum absolute atomic E-state index is 4.04. The molecule has 0 spiro atoms. The minimum atomic E-state index is 0.777. The van der Waals surface area contributed by atoms with Crippen LogP contribution in [0.3, 0.4) is 0 Å². The summed E-state index contributed by atoms with van der Waals surface area (Å²) in [7, 11) is 0. The lowest BCUT2D eigenvalue weighted by molar-refractivity contribution is 1.37. The molecule has 0 saturated carbocycles. The van der Waals surface area contributed by atoms with Gasteiger partial charge in [-0.05, 0) is 74.1 Å². The van der Waals surface area contributed by atoms with Gasteiger partial charge in [0.2, 0.25) is 0 Å². The highest BCUT2D eigenvalue weighted by atomic mass is 14.1. The van der Waals surface area contributed by atoms with E-state index < -0.39 is 0 Å². The first-order valence-electron chi connectivity index (χ1n) is 13.1. The molecular weight excluding hydrogens is 468 g/mol. The molecule has 0 radical (unpaired) electrons. The lowest BCUT2D eigenvalue weighted by Gasteiger charge is -2.09. The van der Waals surface area contributed by atoms with Gasteiger partial charge in [-0.15, -0.1) is 0 Å². The van der Waals surface area contributed by atoms with Crippen molar-refractivity contribution in [1.29, 1.82) is 0 Å². The second-order valence-corrected chi connectivity index (χ2v) is 9.47. The van der Waals surface area contributed by atoms with E-state index in [1.807, 2.05) is 24.3 Å². The van der Waals surface area contributed by atoms with Crippen molar-refractivity contribution >= 4 is 44.5 Å². The van der Waals surface area contributed by atoms with Gasteiger partial charge < -0.3 is 0 Å². The molecule has 5 aromatic rings. The van der Waals surface area contributed by atoms with Gasteiger partial charge in [0.15, 0.2) is 0 Å². The van der Waals surface area contributed by atoms with E-state index in [0.717, 1.165) is 50.6 Å².